The van der Waals surface area contributed by atoms with Gasteiger partial charge in [-0.25, -0.2) is 4.39 Å². The van der Waals surface area contributed by atoms with Crippen LogP contribution in [-0.4, -0.2) is 22.8 Å². The molecule has 20 heavy (non-hydrogen) atoms. The van der Waals surface area contributed by atoms with E-state index in [1.807, 2.05) is 12.1 Å². The maximum absolute atomic E-state index is 12.8. The topological polar surface area (TPSA) is 33.2 Å². The molecule has 104 valence electrons. The number of carbonyl (C=O) groups excluding carboxylic acids is 1. The van der Waals surface area contributed by atoms with Crippen molar-refractivity contribution in [3.8, 4) is 0 Å². The SMILES string of the molecule is CN(Cc1cccnc1)C(=O)CCc1ccc(F)cc1. The lowest BCUT2D eigenvalue weighted by Gasteiger charge is -2.17. The molecule has 0 spiro atoms. The lowest BCUT2D eigenvalue weighted by Crippen LogP contribution is -2.26. The van der Waals surface area contributed by atoms with Crippen molar-refractivity contribution in [2.24, 2.45) is 0 Å². The molecule has 1 aromatic carbocycles. The highest BCUT2D eigenvalue weighted by atomic mass is 19.1. The van der Waals surface area contributed by atoms with Crippen LogP contribution in [0.1, 0.15) is 17.5 Å². The van der Waals surface area contributed by atoms with Gasteiger partial charge in [0.15, 0.2) is 0 Å². The minimum absolute atomic E-state index is 0.0678. The molecular weight excluding hydrogens is 255 g/mol. The number of pyridine rings is 1. The Bertz CT molecular complexity index is 554. The van der Waals surface area contributed by atoms with Crippen LogP contribution < -0.4 is 0 Å². The highest BCUT2D eigenvalue weighted by Crippen LogP contribution is 2.08. The van der Waals surface area contributed by atoms with Gasteiger partial charge in [-0.3, -0.25) is 9.78 Å². The van der Waals surface area contributed by atoms with Gasteiger partial charge in [0.05, 0.1) is 0 Å². The van der Waals surface area contributed by atoms with E-state index < -0.39 is 0 Å². The second-order valence-electron chi connectivity index (χ2n) is 4.74. The van der Waals surface area contributed by atoms with E-state index in [9.17, 15) is 9.18 Å². The Morgan fingerprint density at radius 3 is 2.60 bits per heavy atom. The first kappa shape index (κ1) is 14.2. The van der Waals surface area contributed by atoms with Crippen molar-refractivity contribution in [3.05, 3.63) is 65.7 Å². The molecule has 0 fully saturated rings. The highest BCUT2D eigenvalue weighted by molar-refractivity contribution is 5.76. The highest BCUT2D eigenvalue weighted by Gasteiger charge is 2.09. The third kappa shape index (κ3) is 4.16. The fourth-order valence-electron chi connectivity index (χ4n) is 1.95. The smallest absolute Gasteiger partial charge is 0.222 e. The number of nitrogens with zero attached hydrogens (tertiary/aromatic N) is 2. The Balaban J connectivity index is 1.83. The lowest BCUT2D eigenvalue weighted by molar-refractivity contribution is -0.130. The van der Waals surface area contributed by atoms with Crippen LogP contribution in [0.15, 0.2) is 48.8 Å². The largest absolute Gasteiger partial charge is 0.341 e. The molecule has 0 atom stereocenters. The number of benzene rings is 1. The summed E-state index contributed by atoms with van der Waals surface area (Å²) in [6, 6.07) is 10.1. The quantitative estimate of drug-likeness (QED) is 0.838. The zero-order chi connectivity index (χ0) is 14.4. The molecule has 0 aliphatic carbocycles. The standard InChI is InChI=1S/C16H17FN2O/c1-19(12-14-3-2-10-18-11-14)16(20)9-6-13-4-7-15(17)8-5-13/h2-5,7-8,10-11H,6,9,12H2,1H3. The molecule has 3 nitrogen and oxygen atoms in total. The minimum atomic E-state index is -0.256. The third-order valence-corrected chi connectivity index (χ3v) is 3.11. The van der Waals surface area contributed by atoms with Crippen molar-refractivity contribution in [1.29, 1.82) is 0 Å². The van der Waals surface area contributed by atoms with Crippen molar-refractivity contribution in [3.63, 3.8) is 0 Å². The van der Waals surface area contributed by atoms with Crippen LogP contribution in [0.3, 0.4) is 0 Å². The maximum Gasteiger partial charge on any atom is 0.222 e. The molecule has 0 radical (unpaired) electrons. The van der Waals surface area contributed by atoms with Gasteiger partial charge in [0.1, 0.15) is 5.82 Å². The van der Waals surface area contributed by atoms with Gasteiger partial charge in [-0.2, -0.15) is 0 Å². The number of aryl methyl sites for hydroxylation is 1. The Labute approximate surface area is 118 Å². The van der Waals surface area contributed by atoms with E-state index in [0.29, 0.717) is 19.4 Å². The summed E-state index contributed by atoms with van der Waals surface area (Å²) in [6.45, 7) is 0.552. The van der Waals surface area contributed by atoms with Crippen molar-refractivity contribution in [1.82, 2.24) is 9.88 Å². The van der Waals surface area contributed by atoms with Crippen molar-refractivity contribution < 1.29 is 9.18 Å². The summed E-state index contributed by atoms with van der Waals surface area (Å²) in [5.41, 5.74) is 1.97. The van der Waals surface area contributed by atoms with Crippen molar-refractivity contribution >= 4 is 5.91 Å². The Hall–Kier alpha value is -2.23. The van der Waals surface area contributed by atoms with Crippen LogP contribution in [0.2, 0.25) is 0 Å². The van der Waals surface area contributed by atoms with Gasteiger partial charge < -0.3 is 4.90 Å². The summed E-state index contributed by atoms with van der Waals surface area (Å²) in [5.74, 6) is -0.188. The molecule has 0 bridgehead atoms. The third-order valence-electron chi connectivity index (χ3n) is 3.11. The molecule has 2 aromatic rings. The van der Waals surface area contributed by atoms with Crippen LogP contribution in [0.25, 0.3) is 0 Å². The van der Waals surface area contributed by atoms with Gasteiger partial charge in [0, 0.05) is 32.4 Å². The fourth-order valence-corrected chi connectivity index (χ4v) is 1.95. The van der Waals surface area contributed by atoms with E-state index >= 15 is 0 Å². The van der Waals surface area contributed by atoms with E-state index in [-0.39, 0.29) is 11.7 Å². The average molecular weight is 272 g/mol. The summed E-state index contributed by atoms with van der Waals surface area (Å²) < 4.78 is 12.8. The van der Waals surface area contributed by atoms with Crippen LogP contribution in [-0.2, 0) is 17.8 Å². The molecule has 1 heterocycles. The van der Waals surface area contributed by atoms with Crippen LogP contribution in [0, 0.1) is 5.82 Å². The molecule has 0 N–H and O–H groups in total. The van der Waals surface area contributed by atoms with Crippen LogP contribution in [0.4, 0.5) is 4.39 Å². The summed E-state index contributed by atoms with van der Waals surface area (Å²) in [6.07, 6.45) is 4.50. The molecular formula is C16H17FN2O. The number of hydrogen-bond donors (Lipinski definition) is 0. The number of amides is 1. The second-order valence-corrected chi connectivity index (χ2v) is 4.74. The van der Waals surface area contributed by atoms with E-state index in [0.717, 1.165) is 11.1 Å². The molecule has 0 aliphatic heterocycles. The maximum atomic E-state index is 12.8. The summed E-state index contributed by atoms with van der Waals surface area (Å²) >= 11 is 0. The summed E-state index contributed by atoms with van der Waals surface area (Å²) in [5, 5.41) is 0. The first-order valence-corrected chi connectivity index (χ1v) is 6.52. The Morgan fingerprint density at radius 1 is 1.20 bits per heavy atom. The number of carbonyl (C=O) groups is 1. The zero-order valence-corrected chi connectivity index (χ0v) is 11.4. The van der Waals surface area contributed by atoms with E-state index in [4.69, 9.17) is 0 Å². The monoisotopic (exact) mass is 272 g/mol. The minimum Gasteiger partial charge on any atom is -0.341 e. The van der Waals surface area contributed by atoms with Crippen LogP contribution >= 0.6 is 0 Å². The van der Waals surface area contributed by atoms with Gasteiger partial charge in [-0.15, -0.1) is 0 Å². The Kier molecular flexibility index (Phi) is 4.82. The molecule has 0 aliphatic rings. The van der Waals surface area contributed by atoms with Gasteiger partial charge in [-0.1, -0.05) is 18.2 Å². The Morgan fingerprint density at radius 2 is 1.95 bits per heavy atom. The molecule has 1 amide bonds. The molecule has 4 heteroatoms. The van der Waals surface area contributed by atoms with Crippen molar-refractivity contribution in [2.75, 3.05) is 7.05 Å². The molecule has 0 saturated carbocycles. The van der Waals surface area contributed by atoms with E-state index in [2.05, 4.69) is 4.98 Å². The molecule has 0 saturated heterocycles. The molecule has 2 rings (SSSR count). The number of hydrogen-bond acceptors (Lipinski definition) is 2. The van der Waals surface area contributed by atoms with Gasteiger partial charge in [0.25, 0.3) is 0 Å². The van der Waals surface area contributed by atoms with Crippen molar-refractivity contribution in [2.45, 2.75) is 19.4 Å². The number of rotatable bonds is 5. The normalized spacial score (nSPS) is 10.3. The van der Waals surface area contributed by atoms with Crippen LogP contribution in [0.5, 0.6) is 0 Å². The van der Waals surface area contributed by atoms with E-state index in [1.165, 1.54) is 12.1 Å². The first-order valence-electron chi connectivity index (χ1n) is 6.52. The summed E-state index contributed by atoms with van der Waals surface area (Å²) in [4.78, 5) is 17.7. The zero-order valence-electron chi connectivity index (χ0n) is 11.4. The first-order chi connectivity index (χ1) is 9.65. The van der Waals surface area contributed by atoms with E-state index in [1.54, 1.807) is 36.5 Å². The van der Waals surface area contributed by atoms with Gasteiger partial charge in [-0.05, 0) is 35.7 Å². The lowest BCUT2D eigenvalue weighted by atomic mass is 10.1. The summed E-state index contributed by atoms with van der Waals surface area (Å²) in [7, 11) is 1.78. The molecule has 0 unspecified atom stereocenters. The number of halogens is 1. The number of aromatic nitrogens is 1. The fraction of sp³-hybridized carbons (Fsp3) is 0.250. The predicted octanol–water partition coefficient (Wildman–Crippen LogP) is 2.81. The average Bonchev–Trinajstić information content (AvgIpc) is 2.47. The van der Waals surface area contributed by atoms with Gasteiger partial charge >= 0.3 is 0 Å². The molecule has 1 aromatic heterocycles. The van der Waals surface area contributed by atoms with Gasteiger partial charge in [0.2, 0.25) is 5.91 Å². The second kappa shape index (κ2) is 6.80. The predicted molar refractivity (Wildman–Crippen MR) is 75.4 cm³/mol.